The lowest BCUT2D eigenvalue weighted by Crippen LogP contribution is -2.49. The number of benzene rings is 4. The van der Waals surface area contributed by atoms with Crippen LogP contribution in [0.5, 0.6) is 17.2 Å². The third-order valence-electron chi connectivity index (χ3n) is 7.84. The molecule has 8 nitrogen and oxygen atoms in total. The van der Waals surface area contributed by atoms with E-state index in [9.17, 15) is 4.79 Å². The Kier molecular flexibility index (Phi) is 8.71. The first-order valence-electron chi connectivity index (χ1n) is 15.0. The molecule has 6 rings (SSSR count). The van der Waals surface area contributed by atoms with Crippen LogP contribution >= 0.6 is 0 Å². The minimum Gasteiger partial charge on any atom is -0.493 e. The van der Waals surface area contributed by atoms with Crippen LogP contribution in [-0.2, 0) is 28.3 Å². The van der Waals surface area contributed by atoms with Gasteiger partial charge in [0.1, 0.15) is 19.0 Å². The average Bonchev–Trinajstić information content (AvgIpc) is 3.42. The maximum absolute atomic E-state index is 16.9. The molecular weight excluding hydrogens is 573 g/mol. The van der Waals surface area contributed by atoms with Crippen molar-refractivity contribution in [2.24, 2.45) is 0 Å². The van der Waals surface area contributed by atoms with Crippen molar-refractivity contribution in [3.63, 3.8) is 0 Å². The predicted octanol–water partition coefficient (Wildman–Crippen LogP) is 7.49. The number of hydrogen-bond donors (Lipinski definition) is 1. The van der Waals surface area contributed by atoms with E-state index in [1.54, 1.807) is 6.07 Å². The van der Waals surface area contributed by atoms with Crippen molar-refractivity contribution in [3.8, 4) is 28.6 Å². The third kappa shape index (κ3) is 6.21. The summed E-state index contributed by atoms with van der Waals surface area (Å²) in [5.74, 6) is 0.115. The number of anilines is 1. The average molecular weight is 610 g/mol. The highest BCUT2D eigenvalue weighted by Gasteiger charge is 2.40. The Morgan fingerprint density at radius 1 is 0.956 bits per heavy atom. The first kappa shape index (κ1) is 30.1. The minimum atomic E-state index is -0.619. The Morgan fingerprint density at radius 3 is 2.18 bits per heavy atom. The van der Waals surface area contributed by atoms with Crippen LogP contribution < -0.4 is 19.5 Å². The molecule has 1 aromatic heterocycles. The van der Waals surface area contributed by atoms with Gasteiger partial charge in [0.05, 0.1) is 42.5 Å². The first-order valence-corrected chi connectivity index (χ1v) is 15.0. The maximum atomic E-state index is 16.9. The molecule has 1 fully saturated rings. The molecule has 5 aromatic rings. The predicted molar refractivity (Wildman–Crippen MR) is 171 cm³/mol. The Labute approximate surface area is 261 Å². The molecule has 0 atom stereocenters. The zero-order valence-electron chi connectivity index (χ0n) is 25.6. The lowest BCUT2D eigenvalue weighted by atomic mass is 9.98. The van der Waals surface area contributed by atoms with E-state index in [-0.39, 0.29) is 36.2 Å². The first-order chi connectivity index (χ1) is 21.9. The zero-order valence-corrected chi connectivity index (χ0v) is 25.6. The van der Waals surface area contributed by atoms with Gasteiger partial charge in [0, 0.05) is 12.1 Å². The second kappa shape index (κ2) is 13.0. The topological polar surface area (TPSA) is 83.8 Å². The standard InChI is InChI=1S/C36H36FN3O5/c1-4-11-31(41)38-26-16-17-29-28(18-26)39-35(40(29)36(2)22-43-23-36)27-19-30(42-3)33(44-20-24-12-7-5-8-13-24)34(32(27)37)45-21-25-14-9-6-10-15-25/h5-10,12-19H,4,11,20-23H2,1-3H3,(H,38,41). The second-order valence-corrected chi connectivity index (χ2v) is 11.4. The van der Waals surface area contributed by atoms with Crippen molar-refractivity contribution in [1.29, 1.82) is 0 Å². The molecule has 1 aliphatic rings. The summed E-state index contributed by atoms with van der Waals surface area (Å²) in [5.41, 5.74) is 3.55. The van der Waals surface area contributed by atoms with E-state index in [1.807, 2.05) is 90.4 Å². The van der Waals surface area contributed by atoms with Crippen molar-refractivity contribution in [2.75, 3.05) is 25.6 Å². The summed E-state index contributed by atoms with van der Waals surface area (Å²) >= 11 is 0. The molecule has 45 heavy (non-hydrogen) atoms. The summed E-state index contributed by atoms with van der Waals surface area (Å²) < 4.78 is 42.7. The molecule has 1 saturated heterocycles. The van der Waals surface area contributed by atoms with Gasteiger partial charge in [-0.05, 0) is 48.7 Å². The van der Waals surface area contributed by atoms with E-state index < -0.39 is 11.4 Å². The summed E-state index contributed by atoms with van der Waals surface area (Å²) in [6.45, 7) is 5.20. The molecule has 1 aliphatic heterocycles. The molecule has 9 heteroatoms. The smallest absolute Gasteiger partial charge is 0.224 e. The largest absolute Gasteiger partial charge is 0.493 e. The quantitative estimate of drug-likeness (QED) is 0.158. The third-order valence-corrected chi connectivity index (χ3v) is 7.84. The maximum Gasteiger partial charge on any atom is 0.224 e. The van der Waals surface area contributed by atoms with Crippen LogP contribution in [0.1, 0.15) is 37.8 Å². The van der Waals surface area contributed by atoms with Gasteiger partial charge in [-0.15, -0.1) is 0 Å². The Hall–Kier alpha value is -4.89. The van der Waals surface area contributed by atoms with Gasteiger partial charge in [0.15, 0.2) is 11.6 Å². The molecule has 0 spiro atoms. The fraction of sp³-hybridized carbons (Fsp3) is 0.278. The summed E-state index contributed by atoms with van der Waals surface area (Å²) in [6, 6.07) is 26.3. The molecule has 0 saturated carbocycles. The number of carbonyl (C=O) groups excluding carboxylic acids is 1. The highest BCUT2D eigenvalue weighted by Crippen LogP contribution is 2.47. The van der Waals surface area contributed by atoms with Gasteiger partial charge in [-0.25, -0.2) is 9.37 Å². The number of rotatable bonds is 12. The van der Waals surface area contributed by atoms with Gasteiger partial charge in [-0.1, -0.05) is 67.6 Å². The number of fused-ring (bicyclic) bond motifs is 1. The summed E-state index contributed by atoms with van der Waals surface area (Å²) in [4.78, 5) is 17.2. The number of nitrogens with zero attached hydrogens (tertiary/aromatic N) is 2. The number of methoxy groups -OCH3 is 1. The van der Waals surface area contributed by atoms with Gasteiger partial charge < -0.3 is 28.8 Å². The minimum absolute atomic E-state index is 0.0646. The Balaban J connectivity index is 1.48. The Bertz CT molecular complexity index is 1800. The summed E-state index contributed by atoms with van der Waals surface area (Å²) in [7, 11) is 1.52. The van der Waals surface area contributed by atoms with E-state index >= 15 is 4.39 Å². The number of aromatic nitrogens is 2. The van der Waals surface area contributed by atoms with E-state index in [0.717, 1.165) is 23.1 Å². The van der Waals surface area contributed by atoms with Crippen LogP contribution in [-0.4, -0.2) is 35.8 Å². The van der Waals surface area contributed by atoms with Crippen molar-refractivity contribution in [1.82, 2.24) is 9.55 Å². The highest BCUT2D eigenvalue weighted by atomic mass is 19.1. The summed E-state index contributed by atoms with van der Waals surface area (Å²) in [5, 5.41) is 2.93. The van der Waals surface area contributed by atoms with E-state index in [1.165, 1.54) is 7.11 Å². The van der Waals surface area contributed by atoms with Gasteiger partial charge in [-0.2, -0.15) is 0 Å². The SMILES string of the molecule is CCCC(=O)Nc1ccc2c(c1)nc(-c1cc(OC)c(OCc3ccccc3)c(OCc3ccccc3)c1F)n2C1(C)COC1. The second-order valence-electron chi connectivity index (χ2n) is 11.4. The zero-order chi connectivity index (χ0) is 31.4. The van der Waals surface area contributed by atoms with Gasteiger partial charge in [0.25, 0.3) is 0 Å². The van der Waals surface area contributed by atoms with Crippen LogP contribution in [0.4, 0.5) is 10.1 Å². The van der Waals surface area contributed by atoms with Crippen molar-refractivity contribution < 1.29 is 28.1 Å². The van der Waals surface area contributed by atoms with Crippen molar-refractivity contribution in [2.45, 2.75) is 45.4 Å². The highest BCUT2D eigenvalue weighted by molar-refractivity contribution is 5.94. The van der Waals surface area contributed by atoms with E-state index in [0.29, 0.717) is 42.4 Å². The van der Waals surface area contributed by atoms with E-state index in [4.69, 9.17) is 23.9 Å². The lowest BCUT2D eigenvalue weighted by Gasteiger charge is -2.40. The van der Waals surface area contributed by atoms with Crippen LogP contribution in [0.15, 0.2) is 84.9 Å². The Morgan fingerprint density at radius 2 is 1.60 bits per heavy atom. The molecule has 0 aliphatic carbocycles. The van der Waals surface area contributed by atoms with Gasteiger partial charge in [-0.3, -0.25) is 4.79 Å². The molecule has 2 heterocycles. The van der Waals surface area contributed by atoms with Crippen LogP contribution in [0.3, 0.4) is 0 Å². The number of amides is 1. The molecular formula is C36H36FN3O5. The molecule has 0 unspecified atom stereocenters. The monoisotopic (exact) mass is 609 g/mol. The number of carbonyl (C=O) groups is 1. The normalized spacial score (nSPS) is 13.7. The molecule has 0 radical (unpaired) electrons. The van der Waals surface area contributed by atoms with Crippen LogP contribution in [0.25, 0.3) is 22.4 Å². The lowest BCUT2D eigenvalue weighted by molar-refractivity contribution is -0.116. The van der Waals surface area contributed by atoms with Crippen LogP contribution in [0, 0.1) is 5.82 Å². The van der Waals surface area contributed by atoms with Gasteiger partial charge in [0.2, 0.25) is 17.4 Å². The fourth-order valence-electron chi connectivity index (χ4n) is 5.50. The molecule has 4 aromatic carbocycles. The van der Waals surface area contributed by atoms with E-state index in [2.05, 4.69) is 12.2 Å². The van der Waals surface area contributed by atoms with Crippen molar-refractivity contribution in [3.05, 3.63) is 102 Å². The fourth-order valence-corrected chi connectivity index (χ4v) is 5.50. The molecule has 1 N–H and O–H groups in total. The number of nitrogens with one attached hydrogen (secondary N) is 1. The number of halogens is 1. The molecule has 232 valence electrons. The summed E-state index contributed by atoms with van der Waals surface area (Å²) in [6.07, 6.45) is 1.16. The number of ether oxygens (including phenoxy) is 4. The molecule has 0 bridgehead atoms. The number of hydrogen-bond acceptors (Lipinski definition) is 6. The molecule has 1 amide bonds. The van der Waals surface area contributed by atoms with Gasteiger partial charge >= 0.3 is 0 Å². The van der Waals surface area contributed by atoms with Crippen molar-refractivity contribution >= 4 is 22.6 Å². The van der Waals surface area contributed by atoms with Crippen LogP contribution in [0.2, 0.25) is 0 Å². The number of imidazole rings is 1.